The van der Waals surface area contributed by atoms with Crippen LogP contribution in [0.4, 0.5) is 0 Å². The molecule has 0 bridgehead atoms. The van der Waals surface area contributed by atoms with E-state index in [4.69, 9.17) is 4.74 Å². The van der Waals surface area contributed by atoms with E-state index >= 15 is 0 Å². The Kier molecular flexibility index (Phi) is 3.67. The molecule has 2 heterocycles. The highest BCUT2D eigenvalue weighted by molar-refractivity contribution is 9.09. The molecular weight excluding hydrogens is 332 g/mol. The van der Waals surface area contributed by atoms with Crippen LogP contribution in [0.25, 0.3) is 0 Å². The summed E-state index contributed by atoms with van der Waals surface area (Å²) < 4.78 is 6.08. The van der Waals surface area contributed by atoms with Gasteiger partial charge < -0.3 is 4.74 Å². The number of halogens is 1. The normalized spacial score (nSPS) is 19.5. The van der Waals surface area contributed by atoms with Gasteiger partial charge in [0.25, 0.3) is 0 Å². The van der Waals surface area contributed by atoms with E-state index in [1.807, 2.05) is 17.4 Å². The van der Waals surface area contributed by atoms with Crippen molar-refractivity contribution < 1.29 is 4.74 Å². The Morgan fingerprint density at radius 1 is 1.20 bits per heavy atom. The Morgan fingerprint density at radius 3 is 2.60 bits per heavy atom. The first-order valence-corrected chi connectivity index (χ1v) is 8.67. The first-order chi connectivity index (χ1) is 9.45. The predicted octanol–water partition coefficient (Wildman–Crippen LogP) is 5.49. The van der Waals surface area contributed by atoms with Crippen molar-refractivity contribution in [2.24, 2.45) is 0 Å². The molecule has 0 radical (unpaired) electrons. The summed E-state index contributed by atoms with van der Waals surface area (Å²) in [4.78, 5) is 3.04. The minimum Gasteiger partial charge on any atom is -0.488 e. The molecule has 2 unspecified atom stereocenters. The topological polar surface area (TPSA) is 9.23 Å². The number of ether oxygens (including phenoxy) is 1. The molecule has 20 heavy (non-hydrogen) atoms. The lowest BCUT2D eigenvalue weighted by Gasteiger charge is -2.18. The summed E-state index contributed by atoms with van der Waals surface area (Å²) in [7, 11) is 0. The van der Waals surface area contributed by atoms with Crippen molar-refractivity contribution in [1.29, 1.82) is 0 Å². The van der Waals surface area contributed by atoms with Gasteiger partial charge in [-0.2, -0.15) is 0 Å². The largest absolute Gasteiger partial charge is 0.488 e. The van der Waals surface area contributed by atoms with Gasteiger partial charge in [0, 0.05) is 16.2 Å². The second-order valence-electron chi connectivity index (χ2n) is 6.32. The lowest BCUT2D eigenvalue weighted by molar-refractivity contribution is 0.233. The maximum atomic E-state index is 6.08. The number of rotatable bonds is 2. The Morgan fingerprint density at radius 2 is 1.95 bits per heavy atom. The minimum atomic E-state index is 0.193. The van der Waals surface area contributed by atoms with Gasteiger partial charge in [-0.25, -0.2) is 0 Å². The third-order valence-corrected chi connectivity index (χ3v) is 6.62. The summed E-state index contributed by atoms with van der Waals surface area (Å²) in [5.74, 6) is 1.04. The van der Waals surface area contributed by atoms with E-state index in [1.54, 1.807) is 0 Å². The molecule has 1 aliphatic heterocycles. The Balaban J connectivity index is 1.78. The fourth-order valence-corrected chi connectivity index (χ4v) is 4.28. The summed E-state index contributed by atoms with van der Waals surface area (Å²) in [6.45, 7) is 6.77. The zero-order valence-electron chi connectivity index (χ0n) is 12.0. The molecule has 0 spiro atoms. The van der Waals surface area contributed by atoms with E-state index < -0.39 is 0 Å². The van der Waals surface area contributed by atoms with Gasteiger partial charge in [0.2, 0.25) is 0 Å². The lowest BCUT2D eigenvalue weighted by Crippen LogP contribution is -2.18. The average Bonchev–Trinajstić information content (AvgIpc) is 3.04. The molecule has 3 heteroatoms. The van der Waals surface area contributed by atoms with Crippen molar-refractivity contribution in [1.82, 2.24) is 0 Å². The first-order valence-electron chi connectivity index (χ1n) is 6.94. The van der Waals surface area contributed by atoms with Crippen molar-refractivity contribution >= 4 is 27.3 Å². The quantitative estimate of drug-likeness (QED) is 0.651. The van der Waals surface area contributed by atoms with Crippen molar-refractivity contribution in [3.8, 4) is 5.75 Å². The molecule has 0 fully saturated rings. The highest BCUT2D eigenvalue weighted by atomic mass is 79.9. The average molecular weight is 351 g/mol. The zero-order valence-corrected chi connectivity index (χ0v) is 14.4. The number of para-hydroxylation sites is 1. The van der Waals surface area contributed by atoms with Crippen LogP contribution in [0.15, 0.2) is 36.4 Å². The van der Waals surface area contributed by atoms with E-state index in [0.29, 0.717) is 0 Å². The molecule has 0 N–H and O–H groups in total. The van der Waals surface area contributed by atoms with Crippen molar-refractivity contribution in [2.75, 3.05) is 0 Å². The zero-order chi connectivity index (χ0) is 14.3. The molecule has 106 valence electrons. The van der Waals surface area contributed by atoms with Gasteiger partial charge in [-0.1, -0.05) is 54.9 Å². The summed E-state index contributed by atoms with van der Waals surface area (Å²) in [5, 5.41) is 0. The molecule has 1 aromatic carbocycles. The fraction of sp³-hybridized carbons (Fsp3) is 0.412. The van der Waals surface area contributed by atoms with Crippen LogP contribution in [-0.2, 0) is 11.8 Å². The maximum Gasteiger partial charge on any atom is 0.123 e. The molecule has 3 rings (SSSR count). The number of benzene rings is 1. The van der Waals surface area contributed by atoms with Crippen LogP contribution in [0.5, 0.6) is 5.75 Å². The van der Waals surface area contributed by atoms with Crippen LogP contribution in [0.1, 0.15) is 40.9 Å². The van der Waals surface area contributed by atoms with Crippen LogP contribution < -0.4 is 4.74 Å². The molecule has 0 saturated carbocycles. The van der Waals surface area contributed by atoms with Crippen LogP contribution in [-0.4, -0.2) is 6.10 Å². The Bertz CT molecular complexity index is 586. The third-order valence-electron chi connectivity index (χ3n) is 3.64. The first kappa shape index (κ1) is 14.2. The molecule has 2 aromatic rings. The molecule has 1 nitrogen and oxygen atoms in total. The summed E-state index contributed by atoms with van der Waals surface area (Å²) in [6, 6.07) is 12.8. The molecule has 0 amide bonds. The molecule has 1 aromatic heterocycles. The summed E-state index contributed by atoms with van der Waals surface area (Å²) >= 11 is 5.72. The van der Waals surface area contributed by atoms with Gasteiger partial charge in [0.15, 0.2) is 0 Å². The smallest absolute Gasteiger partial charge is 0.123 e. The molecule has 2 atom stereocenters. The predicted molar refractivity (Wildman–Crippen MR) is 89.2 cm³/mol. The van der Waals surface area contributed by atoms with Crippen molar-refractivity contribution in [2.45, 2.75) is 43.5 Å². The second-order valence-corrected chi connectivity index (χ2v) is 8.42. The van der Waals surface area contributed by atoms with E-state index in [9.17, 15) is 0 Å². The van der Waals surface area contributed by atoms with E-state index in [2.05, 4.69) is 67.0 Å². The maximum absolute atomic E-state index is 6.08. The lowest BCUT2D eigenvalue weighted by atomic mass is 9.95. The number of hydrogen-bond donors (Lipinski definition) is 0. The van der Waals surface area contributed by atoms with E-state index in [0.717, 1.165) is 12.2 Å². The second kappa shape index (κ2) is 5.19. The van der Waals surface area contributed by atoms with Gasteiger partial charge >= 0.3 is 0 Å². The van der Waals surface area contributed by atoms with E-state index in [1.165, 1.54) is 15.3 Å². The minimum absolute atomic E-state index is 0.193. The standard InChI is InChI=1S/C17H19BrOS/c1-17(2,3)15-9-8-14(20-15)16(18)13-10-11-6-4-5-7-12(11)19-13/h4-9,13,16H,10H2,1-3H3. The number of hydrogen-bond acceptors (Lipinski definition) is 2. The van der Waals surface area contributed by atoms with Crippen molar-refractivity contribution in [3.63, 3.8) is 0 Å². The third kappa shape index (κ3) is 2.66. The van der Waals surface area contributed by atoms with Crippen LogP contribution in [0.3, 0.4) is 0 Å². The number of alkyl halides is 1. The number of fused-ring (bicyclic) bond motifs is 1. The van der Waals surface area contributed by atoms with E-state index in [-0.39, 0.29) is 16.3 Å². The fourth-order valence-electron chi connectivity index (χ4n) is 2.46. The Labute approximate surface area is 133 Å². The van der Waals surface area contributed by atoms with Crippen molar-refractivity contribution in [3.05, 3.63) is 51.7 Å². The van der Waals surface area contributed by atoms with Gasteiger partial charge in [-0.3, -0.25) is 0 Å². The summed E-state index contributed by atoms with van der Waals surface area (Å²) in [5.41, 5.74) is 1.53. The monoisotopic (exact) mass is 350 g/mol. The highest BCUT2D eigenvalue weighted by Crippen LogP contribution is 2.42. The number of thiophene rings is 1. The SMILES string of the molecule is CC(C)(C)c1ccc(C(Br)C2Cc3ccccc3O2)s1. The summed E-state index contributed by atoms with van der Waals surface area (Å²) in [6.07, 6.45) is 1.17. The molecular formula is C17H19BrOS. The Hall–Kier alpha value is -0.800. The van der Waals surface area contributed by atoms with Crippen LogP contribution in [0.2, 0.25) is 0 Å². The van der Waals surface area contributed by atoms with Gasteiger partial charge in [0.05, 0.1) is 4.83 Å². The van der Waals surface area contributed by atoms with Crippen LogP contribution >= 0.6 is 27.3 Å². The molecule has 0 aliphatic carbocycles. The molecule has 1 aliphatic rings. The molecule has 0 saturated heterocycles. The van der Waals surface area contributed by atoms with Gasteiger partial charge in [-0.15, -0.1) is 11.3 Å². The van der Waals surface area contributed by atoms with Crippen LogP contribution in [0, 0.1) is 0 Å². The van der Waals surface area contributed by atoms with Gasteiger partial charge in [-0.05, 0) is 29.2 Å². The van der Waals surface area contributed by atoms with Gasteiger partial charge in [0.1, 0.15) is 11.9 Å². The highest BCUT2D eigenvalue weighted by Gasteiger charge is 2.31.